The second-order valence-electron chi connectivity index (χ2n) is 3.71. The molecule has 0 radical (unpaired) electrons. The molecule has 0 atom stereocenters. The summed E-state index contributed by atoms with van der Waals surface area (Å²) in [5.41, 5.74) is 0.700. The number of carbonyl (C=O) groups excluding carboxylic acids is 1. The monoisotopic (exact) mass is 265 g/mol. The van der Waals surface area contributed by atoms with Gasteiger partial charge in [0.2, 0.25) is 0 Å². The number of esters is 1. The summed E-state index contributed by atoms with van der Waals surface area (Å²) in [6.07, 6.45) is 5.57. The van der Waals surface area contributed by atoms with E-state index in [2.05, 4.69) is 4.98 Å². The van der Waals surface area contributed by atoms with E-state index in [1.165, 1.54) is 0 Å². The number of aromatic nitrogens is 1. The third-order valence-corrected chi connectivity index (χ3v) is 2.76. The van der Waals surface area contributed by atoms with E-state index in [1.807, 2.05) is 6.07 Å². The molecule has 0 amide bonds. The second-order valence-corrected chi connectivity index (χ2v) is 4.11. The van der Waals surface area contributed by atoms with Crippen LogP contribution in [0.5, 0.6) is 0 Å². The standard InChI is InChI=1S/C13H12ClNO3/c14-12-5-6-15-8-10(12)9-18-13(16)4-3-11-2-1-7-17-11/h1-2,5-8H,3-4,9H2. The van der Waals surface area contributed by atoms with Gasteiger partial charge in [0.25, 0.3) is 0 Å². The Kier molecular flexibility index (Phi) is 4.36. The van der Waals surface area contributed by atoms with Gasteiger partial charge in [-0.15, -0.1) is 0 Å². The Morgan fingerprint density at radius 1 is 1.44 bits per heavy atom. The highest BCUT2D eigenvalue weighted by Crippen LogP contribution is 2.14. The van der Waals surface area contributed by atoms with Gasteiger partial charge in [0.1, 0.15) is 12.4 Å². The van der Waals surface area contributed by atoms with Gasteiger partial charge < -0.3 is 9.15 Å². The minimum absolute atomic E-state index is 0.143. The third-order valence-electron chi connectivity index (χ3n) is 2.39. The van der Waals surface area contributed by atoms with Crippen LogP contribution in [0.4, 0.5) is 0 Å². The molecule has 0 aliphatic heterocycles. The Morgan fingerprint density at radius 2 is 2.33 bits per heavy atom. The molecule has 0 saturated carbocycles. The molecule has 0 fully saturated rings. The van der Waals surface area contributed by atoms with Gasteiger partial charge in [0.15, 0.2) is 0 Å². The Bertz CT molecular complexity index is 511. The third kappa shape index (κ3) is 3.60. The largest absolute Gasteiger partial charge is 0.469 e. The Balaban J connectivity index is 1.77. The highest BCUT2D eigenvalue weighted by Gasteiger charge is 2.07. The van der Waals surface area contributed by atoms with E-state index in [0.717, 1.165) is 5.76 Å². The number of pyridine rings is 1. The lowest BCUT2D eigenvalue weighted by Gasteiger charge is -2.05. The average Bonchev–Trinajstić information content (AvgIpc) is 2.88. The maximum absolute atomic E-state index is 11.5. The molecule has 4 nitrogen and oxygen atoms in total. The van der Waals surface area contributed by atoms with E-state index >= 15 is 0 Å². The maximum Gasteiger partial charge on any atom is 0.306 e. The molecule has 18 heavy (non-hydrogen) atoms. The van der Waals surface area contributed by atoms with Crippen molar-refractivity contribution in [3.05, 3.63) is 53.2 Å². The van der Waals surface area contributed by atoms with E-state index < -0.39 is 0 Å². The number of carbonyl (C=O) groups is 1. The van der Waals surface area contributed by atoms with Crippen LogP contribution in [-0.4, -0.2) is 11.0 Å². The zero-order valence-electron chi connectivity index (χ0n) is 9.64. The van der Waals surface area contributed by atoms with Crippen molar-refractivity contribution in [2.75, 3.05) is 0 Å². The summed E-state index contributed by atoms with van der Waals surface area (Å²) in [6.45, 7) is 0.143. The number of aryl methyl sites for hydroxylation is 1. The van der Waals surface area contributed by atoms with E-state index in [4.69, 9.17) is 20.8 Å². The van der Waals surface area contributed by atoms with Crippen molar-refractivity contribution < 1.29 is 13.9 Å². The number of rotatable bonds is 5. The lowest BCUT2D eigenvalue weighted by atomic mass is 10.2. The fourth-order valence-corrected chi connectivity index (χ4v) is 1.59. The van der Waals surface area contributed by atoms with Crippen molar-refractivity contribution in [2.24, 2.45) is 0 Å². The number of halogens is 1. The van der Waals surface area contributed by atoms with E-state index in [-0.39, 0.29) is 19.0 Å². The fraction of sp³-hybridized carbons (Fsp3) is 0.231. The summed E-state index contributed by atoms with van der Waals surface area (Å²) in [7, 11) is 0. The Morgan fingerprint density at radius 3 is 3.06 bits per heavy atom. The van der Waals surface area contributed by atoms with Crippen molar-refractivity contribution >= 4 is 17.6 Å². The van der Waals surface area contributed by atoms with Gasteiger partial charge in [-0.2, -0.15) is 0 Å². The van der Waals surface area contributed by atoms with Gasteiger partial charge in [0.05, 0.1) is 17.7 Å². The molecule has 2 aromatic heterocycles. The van der Waals surface area contributed by atoms with Crippen LogP contribution in [0.1, 0.15) is 17.7 Å². The van der Waals surface area contributed by atoms with Crippen molar-refractivity contribution in [1.82, 2.24) is 4.98 Å². The van der Waals surface area contributed by atoms with Crippen LogP contribution >= 0.6 is 11.6 Å². The zero-order chi connectivity index (χ0) is 12.8. The van der Waals surface area contributed by atoms with E-state index in [0.29, 0.717) is 17.0 Å². The zero-order valence-corrected chi connectivity index (χ0v) is 10.4. The number of furan rings is 1. The molecular weight excluding hydrogens is 254 g/mol. The molecule has 0 aromatic carbocycles. The predicted molar refractivity (Wildman–Crippen MR) is 66.1 cm³/mol. The summed E-state index contributed by atoms with van der Waals surface area (Å²) in [6, 6.07) is 5.27. The van der Waals surface area contributed by atoms with Crippen LogP contribution in [0, 0.1) is 0 Å². The molecule has 0 saturated heterocycles. The summed E-state index contributed by atoms with van der Waals surface area (Å²) in [4.78, 5) is 15.4. The van der Waals surface area contributed by atoms with Gasteiger partial charge in [-0.05, 0) is 18.2 Å². The molecule has 2 heterocycles. The topological polar surface area (TPSA) is 52.3 Å². The minimum atomic E-state index is -0.286. The predicted octanol–water partition coefficient (Wildman–Crippen LogP) is 3.00. The maximum atomic E-state index is 11.5. The lowest BCUT2D eigenvalue weighted by Crippen LogP contribution is -2.06. The normalized spacial score (nSPS) is 10.3. The first-order chi connectivity index (χ1) is 8.75. The summed E-state index contributed by atoms with van der Waals surface area (Å²) < 4.78 is 10.2. The van der Waals surface area contributed by atoms with Gasteiger partial charge in [-0.25, -0.2) is 0 Å². The van der Waals surface area contributed by atoms with Crippen molar-refractivity contribution in [2.45, 2.75) is 19.4 Å². The average molecular weight is 266 g/mol. The first-order valence-corrected chi connectivity index (χ1v) is 5.90. The molecule has 0 aliphatic carbocycles. The van der Waals surface area contributed by atoms with Crippen LogP contribution in [0.25, 0.3) is 0 Å². The fourth-order valence-electron chi connectivity index (χ4n) is 1.43. The molecule has 2 aromatic rings. The summed E-state index contributed by atoms with van der Waals surface area (Å²) in [5, 5.41) is 0.545. The second kappa shape index (κ2) is 6.21. The first-order valence-electron chi connectivity index (χ1n) is 5.52. The van der Waals surface area contributed by atoms with Crippen LogP contribution in [0.2, 0.25) is 5.02 Å². The van der Waals surface area contributed by atoms with Crippen molar-refractivity contribution in [3.63, 3.8) is 0 Å². The van der Waals surface area contributed by atoms with E-state index in [9.17, 15) is 4.79 Å². The highest BCUT2D eigenvalue weighted by atomic mass is 35.5. The molecular formula is C13H12ClNO3. The molecule has 2 rings (SSSR count). The van der Waals surface area contributed by atoms with Crippen LogP contribution < -0.4 is 0 Å². The summed E-state index contributed by atoms with van der Waals surface area (Å²) >= 11 is 5.92. The van der Waals surface area contributed by atoms with Gasteiger partial charge in [-0.3, -0.25) is 9.78 Å². The van der Waals surface area contributed by atoms with Crippen LogP contribution in [0.15, 0.2) is 41.3 Å². The number of ether oxygens (including phenoxy) is 1. The van der Waals surface area contributed by atoms with Gasteiger partial charge in [-0.1, -0.05) is 11.6 Å². The first kappa shape index (κ1) is 12.6. The lowest BCUT2D eigenvalue weighted by molar-refractivity contribution is -0.145. The molecule has 0 aliphatic rings. The summed E-state index contributed by atoms with van der Waals surface area (Å²) in [5.74, 6) is 0.484. The van der Waals surface area contributed by atoms with Gasteiger partial charge in [0, 0.05) is 24.4 Å². The Labute approximate surface area is 110 Å². The molecule has 94 valence electrons. The Hall–Kier alpha value is -1.81. The van der Waals surface area contributed by atoms with Crippen molar-refractivity contribution in [3.8, 4) is 0 Å². The SMILES string of the molecule is O=C(CCc1ccco1)OCc1cnccc1Cl. The number of hydrogen-bond donors (Lipinski definition) is 0. The molecule has 0 bridgehead atoms. The van der Waals surface area contributed by atoms with Crippen molar-refractivity contribution in [1.29, 1.82) is 0 Å². The van der Waals surface area contributed by atoms with E-state index in [1.54, 1.807) is 30.8 Å². The van der Waals surface area contributed by atoms with Gasteiger partial charge >= 0.3 is 5.97 Å². The molecule has 5 heteroatoms. The smallest absolute Gasteiger partial charge is 0.306 e. The molecule has 0 unspecified atom stereocenters. The molecule has 0 spiro atoms. The van der Waals surface area contributed by atoms with Crippen LogP contribution in [0.3, 0.4) is 0 Å². The number of nitrogens with zero attached hydrogens (tertiary/aromatic N) is 1. The minimum Gasteiger partial charge on any atom is -0.469 e. The highest BCUT2D eigenvalue weighted by molar-refractivity contribution is 6.31. The van der Waals surface area contributed by atoms with Crippen LogP contribution in [-0.2, 0) is 22.6 Å². The number of hydrogen-bond acceptors (Lipinski definition) is 4. The quantitative estimate of drug-likeness (QED) is 0.780. The molecule has 0 N–H and O–H groups in total.